The maximum atomic E-state index is 12.9. The van der Waals surface area contributed by atoms with Crippen LogP contribution in [0.15, 0.2) is 178 Å². The Morgan fingerprint density at radius 3 is 1.12 bits per heavy atom. The SMILES string of the molecule is Cc1cccc2c1[C@@]1(CC2)CCc2cccc(N)c21.Cc1cccc2c1[C@@]1(CC2)CCc2cccc(NC(=O)CSc3c(Cl)cccc3Cl)c21.Cc1cccc2c1[C@@]1(CC2)CCc2cccc(NCCSc3c(Cl)cccc3Cl)c21.O=C(Cl)CSc1c(Cl)cccc1Cl. The Morgan fingerprint density at radius 1 is 0.398 bits per heavy atom. The molecule has 3 atom stereocenters. The quantitative estimate of drug-likeness (QED) is 0.0486. The second-order valence-electron chi connectivity index (χ2n) is 25.0. The van der Waals surface area contributed by atoms with Crippen LogP contribution in [0.4, 0.5) is 17.1 Å². The summed E-state index contributed by atoms with van der Waals surface area (Å²) in [4.78, 5) is 25.8. The van der Waals surface area contributed by atoms with Gasteiger partial charge in [0.1, 0.15) is 0 Å². The van der Waals surface area contributed by atoms with Crippen molar-refractivity contribution in [3.8, 4) is 0 Å². The van der Waals surface area contributed by atoms with E-state index in [2.05, 4.69) is 135 Å². The highest BCUT2D eigenvalue weighted by molar-refractivity contribution is 8.00. The number of nitrogens with two attached hydrogens (primary N) is 1. The van der Waals surface area contributed by atoms with Gasteiger partial charge in [0, 0.05) is 60.3 Å². The van der Waals surface area contributed by atoms with Gasteiger partial charge in [0.15, 0.2) is 0 Å². The summed E-state index contributed by atoms with van der Waals surface area (Å²) < 4.78 is 0. The molecule has 15 heteroatoms. The van der Waals surface area contributed by atoms with Crippen molar-refractivity contribution in [2.24, 2.45) is 0 Å². The number of nitrogen functional groups attached to an aromatic ring is 1. The van der Waals surface area contributed by atoms with Crippen LogP contribution in [0.25, 0.3) is 0 Å². The molecule has 0 aromatic heterocycles. The summed E-state index contributed by atoms with van der Waals surface area (Å²) in [6, 6.07) is 56.0. The van der Waals surface area contributed by atoms with E-state index in [9.17, 15) is 9.59 Å². The van der Waals surface area contributed by atoms with E-state index in [0.29, 0.717) is 25.0 Å². The monoisotopic (exact) mass is 1420 g/mol. The first kappa shape index (κ1) is 67.8. The summed E-state index contributed by atoms with van der Waals surface area (Å²) in [5.74, 6) is 1.30. The highest BCUT2D eigenvalue weighted by Gasteiger charge is 2.49. The number of amides is 1. The fourth-order valence-electron chi connectivity index (χ4n) is 16.3. The first-order chi connectivity index (χ1) is 44.9. The molecule has 0 bridgehead atoms. The van der Waals surface area contributed by atoms with Crippen LogP contribution in [-0.2, 0) is 64.4 Å². The molecule has 6 aliphatic carbocycles. The van der Waals surface area contributed by atoms with Gasteiger partial charge < -0.3 is 16.4 Å². The number of hydrogen-bond acceptors (Lipinski definition) is 7. The third kappa shape index (κ3) is 13.7. The molecule has 478 valence electrons. The van der Waals surface area contributed by atoms with E-state index in [4.69, 9.17) is 86.9 Å². The summed E-state index contributed by atoms with van der Waals surface area (Å²) in [7, 11) is 0. The van der Waals surface area contributed by atoms with Crippen LogP contribution in [0, 0.1) is 20.8 Å². The third-order valence-electron chi connectivity index (χ3n) is 19.7. The molecule has 0 saturated carbocycles. The fourth-order valence-corrected chi connectivity index (χ4v) is 20.9. The van der Waals surface area contributed by atoms with Gasteiger partial charge in [-0.2, -0.15) is 0 Å². The molecular weight excluding hydrogens is 1360 g/mol. The molecule has 4 N–H and O–H groups in total. The van der Waals surface area contributed by atoms with E-state index in [0.717, 1.165) is 69.2 Å². The van der Waals surface area contributed by atoms with Crippen LogP contribution >= 0.6 is 116 Å². The molecule has 15 rings (SSSR count). The van der Waals surface area contributed by atoms with E-state index >= 15 is 0 Å². The van der Waals surface area contributed by atoms with Crippen LogP contribution in [0.3, 0.4) is 0 Å². The third-order valence-corrected chi connectivity index (χ3v) is 26.0. The number of fused-ring (bicyclic) bond motifs is 12. The van der Waals surface area contributed by atoms with Crippen molar-refractivity contribution in [2.75, 3.05) is 40.2 Å². The van der Waals surface area contributed by atoms with Gasteiger partial charge in [0.05, 0.1) is 41.6 Å². The smallest absolute Gasteiger partial charge is 0.234 e. The summed E-state index contributed by atoms with van der Waals surface area (Å²) in [6.45, 7) is 7.63. The lowest BCUT2D eigenvalue weighted by Crippen LogP contribution is -2.25. The van der Waals surface area contributed by atoms with Gasteiger partial charge >= 0.3 is 0 Å². The minimum absolute atomic E-state index is 0.0130. The molecular formula is C78H72Cl7N3O2S3. The van der Waals surface area contributed by atoms with Crippen LogP contribution in [-0.4, -0.2) is 35.0 Å². The number of nitrogens with one attached hydrogen (secondary N) is 2. The lowest BCUT2D eigenvalue weighted by Gasteiger charge is -2.30. The highest BCUT2D eigenvalue weighted by atomic mass is 35.5. The zero-order valence-corrected chi connectivity index (χ0v) is 59.9. The average Bonchev–Trinajstić information content (AvgIpc) is 1.59. The average molecular weight is 1430 g/mol. The van der Waals surface area contributed by atoms with Crippen molar-refractivity contribution >= 4 is 145 Å². The number of benzene rings is 9. The molecule has 5 nitrogen and oxygen atoms in total. The van der Waals surface area contributed by atoms with Gasteiger partial charge in [0.25, 0.3) is 0 Å². The molecule has 0 fully saturated rings. The van der Waals surface area contributed by atoms with Crippen molar-refractivity contribution in [1.82, 2.24) is 0 Å². The lowest BCUT2D eigenvalue weighted by atomic mass is 9.74. The van der Waals surface area contributed by atoms with Gasteiger partial charge in [0.2, 0.25) is 11.1 Å². The molecule has 0 saturated heterocycles. The molecule has 6 aliphatic rings. The molecule has 0 heterocycles. The molecule has 0 radical (unpaired) electrons. The summed E-state index contributed by atoms with van der Waals surface area (Å²) >= 11 is 46.4. The summed E-state index contributed by atoms with van der Waals surface area (Å²) in [5.41, 5.74) is 32.0. The second kappa shape index (κ2) is 29.3. The van der Waals surface area contributed by atoms with Crippen molar-refractivity contribution in [3.05, 3.63) is 277 Å². The standard InChI is InChI=1S/C26H23Cl2NOS.C26H25Cl2NS.C18H19N.C8H5Cl3OS/c1-16-5-2-6-17-11-13-26(23(16)17)14-12-18-7-3-10-21(24(18)26)29-22(30)15-31-25-19(27)8-4-9-20(25)28;1-17-5-2-6-18-11-13-26(23(17)18)14-12-19-7-3-10-22(24(19)26)29-15-16-30-25-20(27)8-4-9-21(25)28;1-12-4-2-5-13-8-10-18(16(12)13)11-9-14-6-3-7-15(19)17(14)18;9-5-2-1-3-6(10)8(5)13-4-7(11)12/h2-10H,11-15H2,1H3,(H,29,30);2-10,29H,11-16H2,1H3;2-7H,8-11,19H2,1H3;1-3H,4H2/t2*26-;18-;/m111./s1. The van der Waals surface area contributed by atoms with E-state index in [1.165, 1.54) is 142 Å². The number of rotatable bonds is 12. The Balaban J connectivity index is 0.000000125. The molecule has 93 heavy (non-hydrogen) atoms. The molecule has 3 spiro atoms. The van der Waals surface area contributed by atoms with Crippen LogP contribution in [0.5, 0.6) is 0 Å². The molecule has 0 unspecified atom stereocenters. The zero-order valence-electron chi connectivity index (χ0n) is 52.2. The number of thioether (sulfide) groups is 3. The summed E-state index contributed by atoms with van der Waals surface area (Å²) in [6.07, 6.45) is 14.0. The van der Waals surface area contributed by atoms with Gasteiger partial charge in [-0.15, -0.1) is 35.3 Å². The largest absolute Gasteiger partial charge is 0.398 e. The highest BCUT2D eigenvalue weighted by Crippen LogP contribution is 2.58. The van der Waals surface area contributed by atoms with E-state index < -0.39 is 5.24 Å². The minimum Gasteiger partial charge on any atom is -0.398 e. The first-order valence-corrected chi connectivity index (χ1v) is 37.4. The number of anilines is 3. The normalized spacial score (nSPS) is 18.7. The Labute approximate surface area is 595 Å². The van der Waals surface area contributed by atoms with Gasteiger partial charge in [-0.3, -0.25) is 9.59 Å². The Hall–Kier alpha value is -5.20. The number of hydrogen-bond donors (Lipinski definition) is 3. The maximum Gasteiger partial charge on any atom is 0.234 e. The van der Waals surface area contributed by atoms with Crippen molar-refractivity contribution in [3.63, 3.8) is 0 Å². The predicted molar refractivity (Wildman–Crippen MR) is 399 cm³/mol. The number of aryl methyl sites for hydroxylation is 9. The van der Waals surface area contributed by atoms with Crippen molar-refractivity contribution in [2.45, 2.75) is 129 Å². The molecule has 9 aromatic carbocycles. The van der Waals surface area contributed by atoms with Crippen molar-refractivity contribution < 1.29 is 9.59 Å². The van der Waals surface area contributed by atoms with Gasteiger partial charge in [-0.25, -0.2) is 0 Å². The van der Waals surface area contributed by atoms with Gasteiger partial charge in [-0.1, -0.05) is 179 Å². The maximum absolute atomic E-state index is 12.9. The topological polar surface area (TPSA) is 84.2 Å². The van der Waals surface area contributed by atoms with Crippen LogP contribution in [0.2, 0.25) is 30.1 Å². The number of carbonyl (C=O) groups excluding carboxylic acids is 2. The Kier molecular flexibility index (Phi) is 21.3. The minimum atomic E-state index is -0.416. The van der Waals surface area contributed by atoms with E-state index in [1.54, 1.807) is 64.3 Å². The molecule has 9 aromatic rings. The zero-order chi connectivity index (χ0) is 65.2. The second-order valence-corrected chi connectivity index (χ2v) is 31.0. The first-order valence-electron chi connectivity index (χ1n) is 31.7. The Bertz CT molecular complexity index is 4220. The molecule has 0 aliphatic heterocycles. The van der Waals surface area contributed by atoms with E-state index in [-0.39, 0.29) is 33.7 Å². The number of carbonyl (C=O) groups is 2. The van der Waals surface area contributed by atoms with Crippen LogP contribution in [0.1, 0.15) is 122 Å². The lowest BCUT2D eigenvalue weighted by molar-refractivity contribution is -0.114. The predicted octanol–water partition coefficient (Wildman–Crippen LogP) is 22.5. The van der Waals surface area contributed by atoms with E-state index in [1.807, 2.05) is 30.3 Å². The van der Waals surface area contributed by atoms with Gasteiger partial charge in [-0.05, 0) is 247 Å². The molecule has 1 amide bonds. The summed E-state index contributed by atoms with van der Waals surface area (Å²) in [5, 5.41) is 10.2. The van der Waals surface area contributed by atoms with Crippen molar-refractivity contribution in [1.29, 1.82) is 0 Å². The Morgan fingerprint density at radius 2 is 0.710 bits per heavy atom. The fraction of sp³-hybridized carbons (Fsp3) is 0.282. The van der Waals surface area contributed by atoms with Crippen LogP contribution < -0.4 is 16.4 Å². The number of halogens is 7.